The average molecular weight is 656 g/mol. The number of carbonyl (C=O) groups is 3. The van der Waals surface area contributed by atoms with E-state index in [2.05, 4.69) is 6.92 Å². The second kappa shape index (κ2) is 26.8. The molecule has 1 atom stereocenters. The number of imide groups is 1. The monoisotopic (exact) mass is 655 g/mol. The van der Waals surface area contributed by atoms with Crippen LogP contribution in [0.1, 0.15) is 124 Å². The van der Waals surface area contributed by atoms with E-state index in [1.54, 1.807) is 18.9 Å². The van der Waals surface area contributed by atoms with E-state index in [1.165, 1.54) is 104 Å². The largest absolute Gasteiger partial charge is 1.00 e. The number of carbonyl (C=O) groups excluding carboxylic acids is 3. The first-order valence-corrected chi connectivity index (χ1v) is 17.0. The second-order valence-corrected chi connectivity index (χ2v) is 12.3. The fraction of sp³-hybridized carbons (Fsp3) is 0.771. The highest BCUT2D eigenvalue weighted by atomic mass is 35.5. The van der Waals surface area contributed by atoms with Crippen molar-refractivity contribution in [1.29, 1.82) is 0 Å². The van der Waals surface area contributed by atoms with Crippen molar-refractivity contribution in [2.75, 3.05) is 40.5 Å². The number of halogens is 1. The van der Waals surface area contributed by atoms with Gasteiger partial charge >= 0.3 is 12.2 Å². The molecule has 0 aliphatic rings. The number of rotatable bonds is 25. The molecule has 0 aliphatic carbocycles. The van der Waals surface area contributed by atoms with Crippen molar-refractivity contribution in [3.05, 3.63) is 30.6 Å². The molecule has 9 nitrogen and oxygen atoms in total. The number of methoxy groups -OCH3 is 1. The highest BCUT2D eigenvalue weighted by molar-refractivity contribution is 5.90. The molecule has 10 heteroatoms. The topological polar surface area (TPSA) is 89.3 Å². The molecule has 0 aliphatic heterocycles. The maximum Gasteiger partial charge on any atom is 0.416 e. The summed E-state index contributed by atoms with van der Waals surface area (Å²) in [7, 11) is 3.20. The SMILES string of the molecule is CCCCCCCCCCCCCCCCCCN(C)C(=O)OCC(C)(COC(=O)N(CC[n+]1ccccc1)C(C)=O)OC.[Cl-]. The predicted molar refractivity (Wildman–Crippen MR) is 174 cm³/mol. The molecular formula is C35H62ClN3O6. The molecule has 1 aromatic rings. The van der Waals surface area contributed by atoms with Crippen molar-refractivity contribution in [2.45, 2.75) is 136 Å². The fourth-order valence-electron chi connectivity index (χ4n) is 4.94. The quantitative estimate of drug-likeness (QED) is 0.112. The van der Waals surface area contributed by atoms with Gasteiger partial charge in [0.25, 0.3) is 0 Å². The molecule has 0 aromatic carbocycles. The number of hydrogen-bond acceptors (Lipinski definition) is 6. The highest BCUT2D eigenvalue weighted by Crippen LogP contribution is 2.15. The lowest BCUT2D eigenvalue weighted by molar-refractivity contribution is -0.696. The number of hydrogen-bond donors (Lipinski definition) is 0. The van der Waals surface area contributed by atoms with Crippen LogP contribution < -0.4 is 17.0 Å². The minimum Gasteiger partial charge on any atom is -1.00 e. The summed E-state index contributed by atoms with van der Waals surface area (Å²) in [5, 5.41) is 0. The van der Waals surface area contributed by atoms with Crippen molar-refractivity contribution in [3.63, 3.8) is 0 Å². The van der Waals surface area contributed by atoms with Crippen LogP contribution in [0.2, 0.25) is 0 Å². The Morgan fingerprint density at radius 1 is 0.689 bits per heavy atom. The molecular weight excluding hydrogens is 594 g/mol. The molecule has 1 rings (SSSR count). The zero-order valence-electron chi connectivity index (χ0n) is 28.9. The van der Waals surface area contributed by atoms with E-state index in [-0.39, 0.29) is 32.2 Å². The number of nitrogens with zero attached hydrogens (tertiary/aromatic N) is 3. The Kier molecular flexibility index (Phi) is 25.4. The van der Waals surface area contributed by atoms with Gasteiger partial charge in [-0.15, -0.1) is 0 Å². The Labute approximate surface area is 279 Å². The first-order chi connectivity index (χ1) is 21.2. The van der Waals surface area contributed by atoms with Gasteiger partial charge in [0.1, 0.15) is 18.8 Å². The number of amides is 3. The minimum absolute atomic E-state index is 0. The number of unbranched alkanes of at least 4 members (excludes halogenated alkanes) is 15. The van der Waals surface area contributed by atoms with Gasteiger partial charge in [-0.25, -0.2) is 19.1 Å². The lowest BCUT2D eigenvalue weighted by atomic mass is 10.0. The van der Waals surface area contributed by atoms with Crippen LogP contribution in [0.4, 0.5) is 9.59 Å². The Morgan fingerprint density at radius 3 is 1.58 bits per heavy atom. The van der Waals surface area contributed by atoms with E-state index >= 15 is 0 Å². The molecule has 260 valence electrons. The molecule has 1 unspecified atom stereocenters. The Hall–Kier alpha value is -2.39. The molecule has 1 heterocycles. The first-order valence-electron chi connectivity index (χ1n) is 17.0. The van der Waals surface area contributed by atoms with Gasteiger partial charge in [0.15, 0.2) is 18.9 Å². The third-order valence-corrected chi connectivity index (χ3v) is 8.11. The molecule has 0 bridgehead atoms. The smallest absolute Gasteiger partial charge is 0.416 e. The van der Waals surface area contributed by atoms with Crippen LogP contribution in [0.25, 0.3) is 0 Å². The van der Waals surface area contributed by atoms with Gasteiger partial charge in [0.05, 0.1) is 6.54 Å². The third-order valence-electron chi connectivity index (χ3n) is 8.11. The zero-order chi connectivity index (χ0) is 32.5. The Balaban J connectivity index is 0.0000194. The van der Waals surface area contributed by atoms with Crippen molar-refractivity contribution < 1.29 is 45.6 Å². The molecule has 0 radical (unpaired) electrons. The van der Waals surface area contributed by atoms with Crippen molar-refractivity contribution in [3.8, 4) is 0 Å². The average Bonchev–Trinajstić information content (AvgIpc) is 3.02. The van der Waals surface area contributed by atoms with Gasteiger partial charge in [-0.05, 0) is 13.3 Å². The van der Waals surface area contributed by atoms with E-state index < -0.39 is 23.7 Å². The third kappa shape index (κ3) is 21.1. The first kappa shape index (κ1) is 42.6. The summed E-state index contributed by atoms with van der Waals surface area (Å²) in [6.45, 7) is 6.28. The van der Waals surface area contributed by atoms with E-state index in [9.17, 15) is 14.4 Å². The summed E-state index contributed by atoms with van der Waals surface area (Å²) in [5.74, 6) is -0.409. The highest BCUT2D eigenvalue weighted by Gasteiger charge is 2.31. The maximum atomic E-state index is 12.6. The van der Waals surface area contributed by atoms with Crippen LogP contribution in [0.15, 0.2) is 30.6 Å². The summed E-state index contributed by atoms with van der Waals surface area (Å²) in [5.41, 5.74) is -1.04. The summed E-state index contributed by atoms with van der Waals surface area (Å²) in [6, 6.07) is 5.64. The molecule has 0 saturated heterocycles. The van der Waals surface area contributed by atoms with Gasteiger partial charge in [-0.2, -0.15) is 0 Å². The van der Waals surface area contributed by atoms with E-state index in [0.717, 1.165) is 17.7 Å². The van der Waals surface area contributed by atoms with Gasteiger partial charge in [0.2, 0.25) is 5.91 Å². The van der Waals surface area contributed by atoms with Crippen LogP contribution >= 0.6 is 0 Å². The van der Waals surface area contributed by atoms with E-state index in [4.69, 9.17) is 14.2 Å². The summed E-state index contributed by atoms with van der Waals surface area (Å²) in [6.07, 6.45) is 23.5. The van der Waals surface area contributed by atoms with Gasteiger partial charge in [-0.1, -0.05) is 109 Å². The Morgan fingerprint density at radius 2 is 1.13 bits per heavy atom. The van der Waals surface area contributed by atoms with Crippen LogP contribution in [0.5, 0.6) is 0 Å². The normalized spacial score (nSPS) is 12.1. The molecule has 1 aromatic heterocycles. The van der Waals surface area contributed by atoms with Crippen LogP contribution in [0, 0.1) is 0 Å². The van der Waals surface area contributed by atoms with Gasteiger partial charge in [0, 0.05) is 39.8 Å². The molecule has 0 saturated carbocycles. The molecule has 0 fully saturated rings. The van der Waals surface area contributed by atoms with Crippen LogP contribution in [-0.4, -0.2) is 74.0 Å². The predicted octanol–water partition coefficient (Wildman–Crippen LogP) is 4.70. The molecule has 0 spiro atoms. The molecule has 3 amide bonds. The van der Waals surface area contributed by atoms with Crippen molar-refractivity contribution in [1.82, 2.24) is 9.80 Å². The second-order valence-electron chi connectivity index (χ2n) is 12.3. The minimum atomic E-state index is -1.04. The van der Waals surface area contributed by atoms with Crippen molar-refractivity contribution in [2.24, 2.45) is 0 Å². The lowest BCUT2D eigenvalue weighted by Gasteiger charge is -2.29. The lowest BCUT2D eigenvalue weighted by Crippen LogP contribution is -3.00. The van der Waals surface area contributed by atoms with Crippen LogP contribution in [0.3, 0.4) is 0 Å². The van der Waals surface area contributed by atoms with Crippen LogP contribution in [-0.2, 0) is 25.5 Å². The Bertz CT molecular complexity index is 907. The number of pyridine rings is 1. The summed E-state index contributed by atoms with van der Waals surface area (Å²) >= 11 is 0. The molecule has 45 heavy (non-hydrogen) atoms. The zero-order valence-corrected chi connectivity index (χ0v) is 29.7. The van der Waals surface area contributed by atoms with E-state index in [0.29, 0.717) is 13.1 Å². The summed E-state index contributed by atoms with van der Waals surface area (Å²) in [4.78, 5) is 39.9. The maximum absolute atomic E-state index is 12.6. The van der Waals surface area contributed by atoms with Gasteiger partial charge < -0.3 is 31.5 Å². The van der Waals surface area contributed by atoms with Gasteiger partial charge in [-0.3, -0.25) is 4.79 Å². The van der Waals surface area contributed by atoms with Crippen molar-refractivity contribution >= 4 is 18.1 Å². The summed E-state index contributed by atoms with van der Waals surface area (Å²) < 4.78 is 18.2. The van der Waals surface area contributed by atoms with E-state index in [1.807, 2.05) is 35.2 Å². The molecule has 0 N–H and O–H groups in total. The standard InChI is InChI=1S/C35H62N3O6.ClH/c1-6-7-8-9-10-11-12-13-14-15-16-17-18-19-20-22-25-36(4)33(40)43-30-35(3,42-5)31-44-34(41)38(32(2)39)29-28-37-26-23-21-24-27-37;/h21,23-24,26-27H,6-20,22,25,28-31H2,1-5H3;1H/q+1;/p-1. The number of aromatic nitrogens is 1. The fourth-order valence-corrected chi connectivity index (χ4v) is 4.94. The number of ether oxygens (including phenoxy) is 3.